The van der Waals surface area contributed by atoms with Crippen LogP contribution in [0.4, 0.5) is 0 Å². The van der Waals surface area contributed by atoms with Crippen LogP contribution in [0.25, 0.3) is 0 Å². The van der Waals surface area contributed by atoms with E-state index in [4.69, 9.17) is 22.2 Å². The lowest BCUT2D eigenvalue weighted by Crippen LogP contribution is -2.28. The van der Waals surface area contributed by atoms with Gasteiger partial charge in [0.1, 0.15) is 5.75 Å². The van der Waals surface area contributed by atoms with Gasteiger partial charge in [0.2, 0.25) is 0 Å². The van der Waals surface area contributed by atoms with Gasteiger partial charge in [-0.2, -0.15) is 11.3 Å². The van der Waals surface area contributed by atoms with Crippen molar-refractivity contribution in [1.29, 1.82) is 0 Å². The van der Waals surface area contributed by atoms with Gasteiger partial charge < -0.3 is 4.74 Å². The number of hydrazine groups is 1. The van der Waals surface area contributed by atoms with Crippen molar-refractivity contribution in [3.63, 3.8) is 0 Å². The van der Waals surface area contributed by atoms with Crippen molar-refractivity contribution in [3.05, 3.63) is 51.2 Å². The van der Waals surface area contributed by atoms with Gasteiger partial charge in [0.15, 0.2) is 0 Å². The third-order valence-corrected chi connectivity index (χ3v) is 3.48. The highest BCUT2D eigenvalue weighted by Crippen LogP contribution is 2.32. The Morgan fingerprint density at radius 2 is 2.24 bits per heavy atom. The molecule has 5 heteroatoms. The van der Waals surface area contributed by atoms with Gasteiger partial charge in [0, 0.05) is 10.6 Å². The van der Waals surface area contributed by atoms with Crippen molar-refractivity contribution in [2.75, 3.05) is 7.11 Å². The Balaban J connectivity index is 2.46. The second-order valence-corrected chi connectivity index (χ2v) is 4.76. The number of nitrogens with one attached hydrogen (secondary N) is 1. The van der Waals surface area contributed by atoms with Gasteiger partial charge in [-0.15, -0.1) is 0 Å². The van der Waals surface area contributed by atoms with Gasteiger partial charge in [0.05, 0.1) is 13.2 Å². The van der Waals surface area contributed by atoms with Crippen LogP contribution in [-0.2, 0) is 0 Å². The first-order valence-electron chi connectivity index (χ1n) is 5.08. The van der Waals surface area contributed by atoms with Gasteiger partial charge in [-0.25, -0.2) is 5.43 Å². The Morgan fingerprint density at radius 3 is 2.82 bits per heavy atom. The summed E-state index contributed by atoms with van der Waals surface area (Å²) in [5, 5.41) is 4.72. The predicted octanol–water partition coefficient (Wildman–Crippen LogP) is 2.96. The molecule has 3 nitrogen and oxygen atoms in total. The molecule has 0 bridgehead atoms. The molecule has 2 rings (SSSR count). The molecule has 1 unspecified atom stereocenters. The van der Waals surface area contributed by atoms with E-state index in [-0.39, 0.29) is 6.04 Å². The SMILES string of the molecule is COc1ccc(Cl)cc1C(NN)c1ccsc1. The average molecular weight is 269 g/mol. The maximum Gasteiger partial charge on any atom is 0.124 e. The van der Waals surface area contributed by atoms with Gasteiger partial charge in [-0.3, -0.25) is 5.84 Å². The number of nitrogens with two attached hydrogens (primary N) is 1. The summed E-state index contributed by atoms with van der Waals surface area (Å²) < 4.78 is 5.33. The Morgan fingerprint density at radius 1 is 1.41 bits per heavy atom. The fourth-order valence-electron chi connectivity index (χ4n) is 1.74. The molecule has 0 fully saturated rings. The fourth-order valence-corrected chi connectivity index (χ4v) is 2.60. The zero-order valence-electron chi connectivity index (χ0n) is 9.31. The molecular formula is C12H13ClN2OS. The van der Waals surface area contributed by atoms with Crippen molar-refractivity contribution in [1.82, 2.24) is 5.43 Å². The van der Waals surface area contributed by atoms with E-state index < -0.39 is 0 Å². The van der Waals surface area contributed by atoms with E-state index in [2.05, 4.69) is 5.43 Å². The quantitative estimate of drug-likeness (QED) is 0.662. The third-order valence-electron chi connectivity index (χ3n) is 2.55. The minimum absolute atomic E-state index is 0.116. The Kier molecular flexibility index (Phi) is 4.02. The molecule has 90 valence electrons. The smallest absolute Gasteiger partial charge is 0.124 e. The molecule has 0 saturated carbocycles. The van der Waals surface area contributed by atoms with E-state index in [1.54, 1.807) is 24.5 Å². The largest absolute Gasteiger partial charge is 0.496 e. The lowest BCUT2D eigenvalue weighted by atomic mass is 10.0. The summed E-state index contributed by atoms with van der Waals surface area (Å²) in [5.74, 6) is 6.39. The maximum absolute atomic E-state index is 6.01. The summed E-state index contributed by atoms with van der Waals surface area (Å²) in [4.78, 5) is 0. The molecule has 0 aliphatic heterocycles. The van der Waals surface area contributed by atoms with E-state index >= 15 is 0 Å². The summed E-state index contributed by atoms with van der Waals surface area (Å²) in [7, 11) is 1.63. The van der Waals surface area contributed by atoms with E-state index in [0.29, 0.717) is 5.02 Å². The van der Waals surface area contributed by atoms with Gasteiger partial charge in [0.25, 0.3) is 0 Å². The van der Waals surface area contributed by atoms with E-state index in [0.717, 1.165) is 16.9 Å². The topological polar surface area (TPSA) is 47.3 Å². The summed E-state index contributed by atoms with van der Waals surface area (Å²) in [6.45, 7) is 0. The summed E-state index contributed by atoms with van der Waals surface area (Å²) in [5.41, 5.74) is 4.82. The Hall–Kier alpha value is -1.07. The van der Waals surface area contributed by atoms with Crippen LogP contribution in [0.5, 0.6) is 5.75 Å². The van der Waals surface area contributed by atoms with Crippen LogP contribution in [0, 0.1) is 0 Å². The number of halogens is 1. The fraction of sp³-hybridized carbons (Fsp3) is 0.167. The number of hydrogen-bond acceptors (Lipinski definition) is 4. The molecular weight excluding hydrogens is 256 g/mol. The maximum atomic E-state index is 6.01. The number of ether oxygens (including phenoxy) is 1. The second-order valence-electron chi connectivity index (χ2n) is 3.54. The molecule has 0 aliphatic rings. The van der Waals surface area contributed by atoms with Gasteiger partial charge in [-0.05, 0) is 40.6 Å². The van der Waals surface area contributed by atoms with Crippen LogP contribution >= 0.6 is 22.9 Å². The van der Waals surface area contributed by atoms with Crippen molar-refractivity contribution in [2.45, 2.75) is 6.04 Å². The number of methoxy groups -OCH3 is 1. The second kappa shape index (κ2) is 5.51. The predicted molar refractivity (Wildman–Crippen MR) is 71.5 cm³/mol. The minimum atomic E-state index is -0.116. The van der Waals surface area contributed by atoms with Gasteiger partial charge >= 0.3 is 0 Å². The van der Waals surface area contributed by atoms with Crippen molar-refractivity contribution in [2.24, 2.45) is 5.84 Å². The molecule has 0 radical (unpaired) electrons. The first-order chi connectivity index (χ1) is 8.26. The lowest BCUT2D eigenvalue weighted by Gasteiger charge is -2.18. The van der Waals surface area contributed by atoms with E-state index in [9.17, 15) is 0 Å². The molecule has 3 N–H and O–H groups in total. The van der Waals surface area contributed by atoms with Gasteiger partial charge in [-0.1, -0.05) is 11.6 Å². The van der Waals surface area contributed by atoms with Crippen LogP contribution in [-0.4, -0.2) is 7.11 Å². The number of rotatable bonds is 4. The zero-order valence-corrected chi connectivity index (χ0v) is 10.9. The van der Waals surface area contributed by atoms with E-state index in [1.807, 2.05) is 29.0 Å². The molecule has 17 heavy (non-hydrogen) atoms. The van der Waals surface area contributed by atoms with Crippen LogP contribution in [0.1, 0.15) is 17.2 Å². The highest BCUT2D eigenvalue weighted by molar-refractivity contribution is 7.08. The third kappa shape index (κ3) is 2.61. The molecule has 0 amide bonds. The summed E-state index contributed by atoms with van der Waals surface area (Å²) in [6, 6.07) is 7.41. The first kappa shape index (κ1) is 12.4. The molecule has 0 spiro atoms. The molecule has 1 aromatic carbocycles. The molecule has 0 saturated heterocycles. The van der Waals surface area contributed by atoms with Crippen LogP contribution in [0.3, 0.4) is 0 Å². The molecule has 1 atom stereocenters. The number of benzene rings is 1. The lowest BCUT2D eigenvalue weighted by molar-refractivity contribution is 0.404. The van der Waals surface area contributed by atoms with Crippen molar-refractivity contribution >= 4 is 22.9 Å². The highest BCUT2D eigenvalue weighted by Gasteiger charge is 2.17. The number of thiophene rings is 1. The van der Waals surface area contributed by atoms with Crippen LogP contribution < -0.4 is 16.0 Å². The molecule has 1 heterocycles. The average Bonchev–Trinajstić information content (AvgIpc) is 2.84. The van der Waals surface area contributed by atoms with E-state index in [1.165, 1.54) is 0 Å². The Bertz CT molecular complexity index is 487. The van der Waals surface area contributed by atoms with Crippen LogP contribution in [0.2, 0.25) is 5.02 Å². The monoisotopic (exact) mass is 268 g/mol. The zero-order chi connectivity index (χ0) is 12.3. The highest BCUT2D eigenvalue weighted by atomic mass is 35.5. The first-order valence-corrected chi connectivity index (χ1v) is 6.40. The Labute approximate surface area is 109 Å². The molecule has 1 aromatic heterocycles. The summed E-state index contributed by atoms with van der Waals surface area (Å²) in [6.07, 6.45) is 0. The van der Waals surface area contributed by atoms with Crippen molar-refractivity contribution in [3.8, 4) is 5.75 Å². The number of hydrogen-bond donors (Lipinski definition) is 2. The van der Waals surface area contributed by atoms with Crippen LogP contribution in [0.15, 0.2) is 35.0 Å². The van der Waals surface area contributed by atoms with Crippen molar-refractivity contribution < 1.29 is 4.74 Å². The molecule has 2 aromatic rings. The standard InChI is InChI=1S/C12H13ClN2OS/c1-16-11-3-2-9(13)6-10(11)12(15-14)8-4-5-17-7-8/h2-7,12,15H,14H2,1H3. The normalized spacial score (nSPS) is 12.4. The molecule has 0 aliphatic carbocycles. The summed E-state index contributed by atoms with van der Waals surface area (Å²) >= 11 is 7.64. The minimum Gasteiger partial charge on any atom is -0.496 e.